The van der Waals surface area contributed by atoms with Crippen LogP contribution in [0.1, 0.15) is 36.7 Å². The summed E-state index contributed by atoms with van der Waals surface area (Å²) >= 11 is 3.39. The highest BCUT2D eigenvalue weighted by Crippen LogP contribution is 2.14. The fraction of sp³-hybridized carbons (Fsp3) is 0.286. The third-order valence-electron chi connectivity index (χ3n) is 3.61. The van der Waals surface area contributed by atoms with Crippen molar-refractivity contribution in [1.29, 1.82) is 0 Å². The van der Waals surface area contributed by atoms with Crippen LogP contribution in [0.25, 0.3) is 0 Å². The first kappa shape index (κ1) is 20.8. The predicted molar refractivity (Wildman–Crippen MR) is 111 cm³/mol. The number of hydrogen-bond acceptors (Lipinski definition) is 3. The van der Waals surface area contributed by atoms with Gasteiger partial charge in [0.15, 0.2) is 0 Å². The molecule has 0 aliphatic heterocycles. The second-order valence-corrected chi connectivity index (χ2v) is 8.02. The number of ether oxygens (including phenoxy) is 1. The monoisotopic (exact) mass is 430 g/mol. The molecule has 6 heteroatoms. The Labute approximate surface area is 168 Å². The van der Waals surface area contributed by atoms with Gasteiger partial charge in [-0.05, 0) is 62.7 Å². The highest BCUT2D eigenvalue weighted by molar-refractivity contribution is 9.10. The summed E-state index contributed by atoms with van der Waals surface area (Å²) in [6, 6.07) is 14.2. The van der Waals surface area contributed by atoms with Crippen LogP contribution in [0.15, 0.2) is 58.0 Å². The summed E-state index contributed by atoms with van der Waals surface area (Å²) in [5.41, 5.74) is 1.03. The van der Waals surface area contributed by atoms with E-state index in [2.05, 4.69) is 26.2 Å². The molecule has 142 valence electrons. The van der Waals surface area contributed by atoms with Crippen LogP contribution in [0.3, 0.4) is 0 Å². The minimum Gasteiger partial charge on any atom is -0.497 e. The zero-order valence-corrected chi connectivity index (χ0v) is 17.5. The van der Waals surface area contributed by atoms with E-state index in [1.807, 2.05) is 45.0 Å². The average molecular weight is 431 g/mol. The van der Waals surface area contributed by atoms with Crippen molar-refractivity contribution < 1.29 is 14.3 Å². The van der Waals surface area contributed by atoms with Crippen LogP contribution in [-0.4, -0.2) is 30.2 Å². The lowest BCUT2D eigenvalue weighted by molar-refractivity contribution is -0.116. The Morgan fingerprint density at radius 2 is 1.63 bits per heavy atom. The number of methoxy groups -OCH3 is 1. The number of halogens is 1. The van der Waals surface area contributed by atoms with E-state index in [0.717, 1.165) is 10.0 Å². The van der Waals surface area contributed by atoms with Gasteiger partial charge in [-0.3, -0.25) is 9.59 Å². The normalized spacial score (nSPS) is 11.8. The van der Waals surface area contributed by atoms with E-state index >= 15 is 0 Å². The molecule has 0 aliphatic carbocycles. The maximum Gasteiger partial charge on any atom is 0.277 e. The first-order valence-corrected chi connectivity index (χ1v) is 9.30. The van der Waals surface area contributed by atoms with Crippen molar-refractivity contribution in [3.05, 3.63) is 64.1 Å². The van der Waals surface area contributed by atoms with Crippen LogP contribution >= 0.6 is 15.9 Å². The van der Waals surface area contributed by atoms with Crippen LogP contribution in [0.4, 0.5) is 0 Å². The van der Waals surface area contributed by atoms with Gasteiger partial charge in [0.05, 0.1) is 7.11 Å². The van der Waals surface area contributed by atoms with E-state index in [4.69, 9.17) is 4.74 Å². The van der Waals surface area contributed by atoms with Gasteiger partial charge in [-0.1, -0.05) is 28.1 Å². The molecule has 2 aromatic carbocycles. The summed E-state index contributed by atoms with van der Waals surface area (Å²) in [7, 11) is 1.56. The molecule has 27 heavy (non-hydrogen) atoms. The van der Waals surface area contributed by atoms with Crippen LogP contribution in [0.2, 0.25) is 0 Å². The molecular weight excluding hydrogens is 408 g/mol. The number of aliphatic imine (C=N–C) groups is 1. The molecule has 0 radical (unpaired) electrons. The largest absolute Gasteiger partial charge is 0.497 e. The fourth-order valence-corrected chi connectivity index (χ4v) is 2.56. The highest BCUT2D eigenvalue weighted by atomic mass is 79.9. The lowest BCUT2D eigenvalue weighted by Gasteiger charge is -2.21. The van der Waals surface area contributed by atoms with Crippen molar-refractivity contribution in [2.45, 2.75) is 32.7 Å². The van der Waals surface area contributed by atoms with Crippen molar-refractivity contribution in [3.63, 3.8) is 0 Å². The Kier molecular flexibility index (Phi) is 6.91. The zero-order valence-electron chi connectivity index (χ0n) is 15.9. The molecule has 2 aromatic rings. The summed E-state index contributed by atoms with van der Waals surface area (Å²) in [5, 5.41) is 2.87. The predicted octanol–water partition coefficient (Wildman–Crippen LogP) is 4.20. The average Bonchev–Trinajstić information content (AvgIpc) is 2.61. The molecule has 0 fully saturated rings. The van der Waals surface area contributed by atoms with Gasteiger partial charge in [0, 0.05) is 22.0 Å². The number of nitrogens with one attached hydrogen (secondary N) is 1. The van der Waals surface area contributed by atoms with Crippen LogP contribution < -0.4 is 10.1 Å². The second-order valence-electron chi connectivity index (χ2n) is 7.10. The molecule has 2 rings (SSSR count). The number of amides is 2. The van der Waals surface area contributed by atoms with E-state index in [0.29, 0.717) is 11.3 Å². The highest BCUT2D eigenvalue weighted by Gasteiger charge is 2.20. The third kappa shape index (κ3) is 6.64. The van der Waals surface area contributed by atoms with E-state index in [9.17, 15) is 9.59 Å². The van der Waals surface area contributed by atoms with E-state index in [1.165, 1.54) is 0 Å². The molecule has 0 spiro atoms. The number of carbonyl (C=O) groups excluding carboxylic acids is 2. The Morgan fingerprint density at radius 3 is 2.15 bits per heavy atom. The minimum absolute atomic E-state index is 0.174. The van der Waals surface area contributed by atoms with Gasteiger partial charge in [0.25, 0.3) is 11.8 Å². The maximum absolute atomic E-state index is 12.7. The summed E-state index contributed by atoms with van der Waals surface area (Å²) in [4.78, 5) is 29.3. The summed E-state index contributed by atoms with van der Waals surface area (Å²) in [6.07, 6.45) is 0.261. The molecule has 1 N–H and O–H groups in total. The van der Waals surface area contributed by atoms with Gasteiger partial charge in [-0.2, -0.15) is 0 Å². The Morgan fingerprint density at radius 1 is 1.04 bits per heavy atom. The van der Waals surface area contributed by atoms with Crippen LogP contribution in [0.5, 0.6) is 5.75 Å². The number of rotatable bonds is 5. The van der Waals surface area contributed by atoms with Gasteiger partial charge in [-0.25, -0.2) is 4.99 Å². The van der Waals surface area contributed by atoms with Gasteiger partial charge in [-0.15, -0.1) is 0 Å². The molecule has 2 amide bonds. The van der Waals surface area contributed by atoms with Crippen LogP contribution in [0, 0.1) is 0 Å². The van der Waals surface area contributed by atoms with Crippen molar-refractivity contribution in [1.82, 2.24) is 5.32 Å². The number of nitrogens with zero attached hydrogens (tertiary/aromatic N) is 1. The van der Waals surface area contributed by atoms with Crippen molar-refractivity contribution in [2.75, 3.05) is 7.11 Å². The van der Waals surface area contributed by atoms with E-state index in [1.54, 1.807) is 31.4 Å². The van der Waals surface area contributed by atoms with E-state index < -0.39 is 11.4 Å². The fourth-order valence-electron chi connectivity index (χ4n) is 2.30. The maximum atomic E-state index is 12.7. The number of carbonyl (C=O) groups is 2. The van der Waals surface area contributed by atoms with Crippen molar-refractivity contribution in [3.8, 4) is 5.75 Å². The third-order valence-corrected chi connectivity index (χ3v) is 4.14. The lowest BCUT2D eigenvalue weighted by atomic mass is 10.0. The van der Waals surface area contributed by atoms with Gasteiger partial charge in [0.1, 0.15) is 11.5 Å². The quantitative estimate of drug-likeness (QED) is 0.722. The molecule has 0 atom stereocenters. The first-order valence-electron chi connectivity index (χ1n) is 8.51. The molecular formula is C21H23BrN2O3. The summed E-state index contributed by atoms with van der Waals surface area (Å²) in [6.45, 7) is 5.65. The van der Waals surface area contributed by atoms with Gasteiger partial charge in [0.2, 0.25) is 0 Å². The standard InChI is InChI=1S/C21H23BrN2O3/c1-21(2,3)24-20(26)18(13-14-5-9-16(22)10-6-14)23-19(25)15-7-11-17(27-4)12-8-15/h5-12H,13H2,1-4H3,(H,24,26). The molecule has 0 aromatic heterocycles. The van der Waals surface area contributed by atoms with E-state index in [-0.39, 0.29) is 18.0 Å². The molecule has 0 saturated carbocycles. The molecule has 5 nitrogen and oxygen atoms in total. The van der Waals surface area contributed by atoms with Crippen molar-refractivity contribution >= 4 is 33.5 Å². The number of hydrogen-bond donors (Lipinski definition) is 1. The summed E-state index contributed by atoms with van der Waals surface area (Å²) < 4.78 is 6.04. The smallest absolute Gasteiger partial charge is 0.277 e. The molecule has 0 saturated heterocycles. The molecule has 0 bridgehead atoms. The SMILES string of the molecule is COc1ccc(C(=O)N=C(Cc2ccc(Br)cc2)C(=O)NC(C)(C)C)cc1. The Balaban J connectivity index is 2.31. The zero-order chi connectivity index (χ0) is 20.0. The molecule has 0 aliphatic rings. The first-order chi connectivity index (χ1) is 12.7. The Hall–Kier alpha value is -2.47. The molecule has 0 heterocycles. The lowest BCUT2D eigenvalue weighted by Crippen LogP contribution is -2.45. The molecule has 0 unspecified atom stereocenters. The van der Waals surface area contributed by atoms with Crippen molar-refractivity contribution in [2.24, 2.45) is 4.99 Å². The number of benzene rings is 2. The minimum atomic E-state index is -0.464. The topological polar surface area (TPSA) is 67.8 Å². The van der Waals surface area contributed by atoms with Crippen LogP contribution in [-0.2, 0) is 11.2 Å². The van der Waals surface area contributed by atoms with Gasteiger partial charge < -0.3 is 10.1 Å². The summed E-state index contributed by atoms with van der Waals surface area (Å²) in [5.74, 6) is -0.169. The Bertz CT molecular complexity index is 835. The van der Waals surface area contributed by atoms with Gasteiger partial charge >= 0.3 is 0 Å². The second kappa shape index (κ2) is 8.95.